The van der Waals surface area contributed by atoms with Crippen molar-refractivity contribution >= 4 is 21.5 Å². The monoisotopic (exact) mass is 544 g/mol. The van der Waals surface area contributed by atoms with E-state index in [9.17, 15) is 0 Å². The molecule has 0 radical (unpaired) electrons. The van der Waals surface area contributed by atoms with Gasteiger partial charge in [-0.2, -0.15) is 0 Å². The fraction of sp³-hybridized carbons (Fsp3) is 0.412. The van der Waals surface area contributed by atoms with Gasteiger partial charge in [-0.25, -0.2) is 0 Å². The van der Waals surface area contributed by atoms with Gasteiger partial charge in [-0.15, -0.1) is 0 Å². The molecule has 0 aliphatic carbocycles. The highest BCUT2D eigenvalue weighted by molar-refractivity contribution is 5.94. The summed E-state index contributed by atoms with van der Waals surface area (Å²) in [4.78, 5) is 0. The second kappa shape index (κ2) is 15.8. The van der Waals surface area contributed by atoms with Crippen LogP contribution in [-0.2, 0) is 28.4 Å². The molecule has 1 aliphatic rings. The molecule has 1 fully saturated rings. The lowest BCUT2D eigenvalue weighted by molar-refractivity contribution is -0.0422. The predicted molar refractivity (Wildman–Crippen MR) is 159 cm³/mol. The summed E-state index contributed by atoms with van der Waals surface area (Å²) in [6.45, 7) is 6.28. The van der Waals surface area contributed by atoms with Crippen LogP contribution in [0.4, 0.5) is 0 Å². The van der Waals surface area contributed by atoms with Gasteiger partial charge >= 0.3 is 0 Å². The molecule has 6 heteroatoms. The van der Waals surface area contributed by atoms with Crippen molar-refractivity contribution in [3.8, 4) is 11.1 Å². The number of fused-ring (bicyclic) bond motifs is 2. The van der Waals surface area contributed by atoms with E-state index >= 15 is 0 Å². The smallest absolute Gasteiger partial charge is 0.107 e. The molecule has 212 valence electrons. The van der Waals surface area contributed by atoms with E-state index in [0.717, 1.165) is 24.0 Å². The number of hydrogen-bond acceptors (Lipinski definition) is 6. The summed E-state index contributed by atoms with van der Waals surface area (Å²) in [6, 6.07) is 28.1. The van der Waals surface area contributed by atoms with Crippen LogP contribution in [-0.4, -0.2) is 72.7 Å². The average Bonchev–Trinajstić information content (AvgIpc) is 3.00. The maximum absolute atomic E-state index is 6.57. The topological polar surface area (TPSA) is 55.4 Å². The van der Waals surface area contributed by atoms with Gasteiger partial charge in [0.15, 0.2) is 0 Å². The lowest BCUT2D eigenvalue weighted by Crippen LogP contribution is -2.18. The molecule has 0 saturated carbocycles. The Kier molecular flexibility index (Phi) is 11.3. The van der Waals surface area contributed by atoms with Gasteiger partial charge in [-0.1, -0.05) is 72.8 Å². The Bertz CT molecular complexity index is 1300. The molecule has 0 aromatic heterocycles. The van der Waals surface area contributed by atoms with E-state index in [2.05, 4.69) is 78.9 Å². The third-order valence-corrected chi connectivity index (χ3v) is 7.07. The summed E-state index contributed by atoms with van der Waals surface area (Å²) in [5.74, 6) is 0. The Balaban J connectivity index is 1.39. The van der Waals surface area contributed by atoms with Gasteiger partial charge in [0.2, 0.25) is 0 Å². The van der Waals surface area contributed by atoms with Gasteiger partial charge in [-0.3, -0.25) is 0 Å². The average molecular weight is 545 g/mol. The van der Waals surface area contributed by atoms with Crippen molar-refractivity contribution in [2.75, 3.05) is 72.7 Å². The van der Waals surface area contributed by atoms with Gasteiger partial charge in [0.1, 0.15) is 6.10 Å². The van der Waals surface area contributed by atoms with Gasteiger partial charge in [0.25, 0.3) is 0 Å². The number of rotatable bonds is 2. The van der Waals surface area contributed by atoms with Crippen molar-refractivity contribution in [1.82, 2.24) is 0 Å². The van der Waals surface area contributed by atoms with Gasteiger partial charge < -0.3 is 28.4 Å². The molecule has 40 heavy (non-hydrogen) atoms. The maximum Gasteiger partial charge on any atom is 0.107 e. The summed E-state index contributed by atoms with van der Waals surface area (Å²) >= 11 is 0. The molecule has 1 saturated heterocycles. The first-order valence-electron chi connectivity index (χ1n) is 14.4. The zero-order valence-corrected chi connectivity index (χ0v) is 23.2. The van der Waals surface area contributed by atoms with Gasteiger partial charge in [0.05, 0.1) is 46.2 Å². The molecule has 0 amide bonds. The molecule has 1 heterocycles. The second-order valence-electron chi connectivity index (χ2n) is 9.90. The van der Waals surface area contributed by atoms with Crippen molar-refractivity contribution in [2.24, 2.45) is 0 Å². The van der Waals surface area contributed by atoms with E-state index in [1.54, 1.807) is 0 Å². The molecule has 0 N–H and O–H groups in total. The molecular weight excluding hydrogens is 504 g/mol. The van der Waals surface area contributed by atoms with Crippen molar-refractivity contribution in [1.29, 1.82) is 0 Å². The largest absolute Gasteiger partial charge is 0.379 e. The lowest BCUT2D eigenvalue weighted by Gasteiger charge is -2.24. The molecule has 1 aliphatic heterocycles. The quantitative estimate of drug-likeness (QED) is 0.284. The maximum atomic E-state index is 6.57. The SMILES string of the molecule is c1ccc2cc(-c3ccc4ccccc4c3[C@@H]3COCCOCCCOCCOCCOCCCO3)ccc2c1. The van der Waals surface area contributed by atoms with Gasteiger partial charge in [0, 0.05) is 26.4 Å². The van der Waals surface area contributed by atoms with Crippen molar-refractivity contribution in [3.05, 3.63) is 84.4 Å². The molecule has 0 unspecified atom stereocenters. The Hall–Kier alpha value is -2.84. The summed E-state index contributed by atoms with van der Waals surface area (Å²) in [5.41, 5.74) is 3.49. The second-order valence-corrected chi connectivity index (χ2v) is 9.90. The molecule has 6 nitrogen and oxygen atoms in total. The van der Waals surface area contributed by atoms with Crippen LogP contribution in [0.1, 0.15) is 24.5 Å². The highest BCUT2D eigenvalue weighted by Crippen LogP contribution is 2.37. The van der Waals surface area contributed by atoms with Crippen molar-refractivity contribution in [2.45, 2.75) is 18.9 Å². The molecule has 5 rings (SSSR count). The van der Waals surface area contributed by atoms with Crippen LogP contribution < -0.4 is 0 Å². The van der Waals surface area contributed by atoms with Crippen LogP contribution in [0.5, 0.6) is 0 Å². The minimum absolute atomic E-state index is 0.241. The summed E-state index contributed by atoms with van der Waals surface area (Å²) in [7, 11) is 0. The van der Waals surface area contributed by atoms with E-state index in [0.29, 0.717) is 72.7 Å². The van der Waals surface area contributed by atoms with E-state index < -0.39 is 0 Å². The normalized spacial score (nSPS) is 19.9. The summed E-state index contributed by atoms with van der Waals surface area (Å²) in [6.07, 6.45) is 1.40. The predicted octanol–water partition coefficient (Wildman–Crippen LogP) is 6.59. The van der Waals surface area contributed by atoms with Crippen molar-refractivity contribution < 1.29 is 28.4 Å². The Morgan fingerprint density at radius 1 is 0.475 bits per heavy atom. The Morgan fingerprint density at radius 2 is 1.05 bits per heavy atom. The van der Waals surface area contributed by atoms with Crippen LogP contribution in [0.2, 0.25) is 0 Å². The van der Waals surface area contributed by atoms with E-state index in [-0.39, 0.29) is 6.10 Å². The molecule has 4 aromatic carbocycles. The highest BCUT2D eigenvalue weighted by atomic mass is 16.6. The first-order valence-corrected chi connectivity index (χ1v) is 14.4. The minimum Gasteiger partial charge on any atom is -0.379 e. The van der Waals surface area contributed by atoms with E-state index in [4.69, 9.17) is 28.4 Å². The number of benzene rings is 4. The molecule has 0 bridgehead atoms. The molecular formula is C34H40O6. The third-order valence-electron chi connectivity index (χ3n) is 7.07. The lowest BCUT2D eigenvalue weighted by atomic mass is 9.90. The minimum atomic E-state index is -0.241. The van der Waals surface area contributed by atoms with Crippen LogP contribution in [0.15, 0.2) is 78.9 Å². The molecule has 0 spiro atoms. The van der Waals surface area contributed by atoms with Crippen LogP contribution in [0, 0.1) is 0 Å². The van der Waals surface area contributed by atoms with Crippen LogP contribution in [0.25, 0.3) is 32.7 Å². The number of ether oxygens (including phenoxy) is 6. The fourth-order valence-corrected chi connectivity index (χ4v) is 5.07. The zero-order valence-electron chi connectivity index (χ0n) is 23.2. The summed E-state index contributed by atoms with van der Waals surface area (Å²) in [5, 5.41) is 4.82. The first kappa shape index (κ1) is 28.7. The molecule has 1 atom stereocenters. The standard InChI is InChI=1S/C34H40O6/c1-2-9-29-25-30(12-11-27(29)7-1)32-14-13-28-8-3-4-10-31(28)34(32)33-26-39-24-23-36-16-5-15-35-19-21-38-22-20-37-17-6-18-40-33/h1-4,7-14,25,33H,5-6,15-24,26H2/t33-/m0/s1. The highest BCUT2D eigenvalue weighted by Gasteiger charge is 2.21. The Labute approximate surface area is 237 Å². The fourth-order valence-electron chi connectivity index (χ4n) is 5.07. The van der Waals surface area contributed by atoms with E-state index in [1.165, 1.54) is 27.1 Å². The van der Waals surface area contributed by atoms with Gasteiger partial charge in [-0.05, 0) is 57.1 Å². The molecule has 4 aromatic rings. The first-order chi connectivity index (χ1) is 19.9. The Morgan fingerprint density at radius 3 is 1.80 bits per heavy atom. The number of hydrogen-bond donors (Lipinski definition) is 0. The van der Waals surface area contributed by atoms with Crippen LogP contribution >= 0.6 is 0 Å². The van der Waals surface area contributed by atoms with Crippen molar-refractivity contribution in [3.63, 3.8) is 0 Å². The summed E-state index contributed by atoms with van der Waals surface area (Å²) < 4.78 is 35.4. The zero-order chi connectivity index (χ0) is 27.2. The van der Waals surface area contributed by atoms with Crippen LogP contribution in [0.3, 0.4) is 0 Å². The third kappa shape index (κ3) is 8.10. The van der Waals surface area contributed by atoms with E-state index in [1.807, 2.05) is 0 Å².